The second-order valence-corrected chi connectivity index (χ2v) is 4.16. The van der Waals surface area contributed by atoms with E-state index < -0.39 is 10.1 Å². The van der Waals surface area contributed by atoms with Gasteiger partial charge in [-0.25, -0.2) is 0 Å². The lowest BCUT2D eigenvalue weighted by Crippen LogP contribution is -2.01. The van der Waals surface area contributed by atoms with Gasteiger partial charge in [0.05, 0.1) is 0 Å². The second kappa shape index (κ2) is 9.36. The fourth-order valence-corrected chi connectivity index (χ4v) is 1.51. The second-order valence-electron chi connectivity index (χ2n) is 2.71. The summed E-state index contributed by atoms with van der Waals surface area (Å²) in [7, 11) is -3.89. The van der Waals surface area contributed by atoms with Gasteiger partial charge in [0.25, 0.3) is 10.1 Å². The molecule has 4 heteroatoms. The Morgan fingerprint density at radius 1 is 1.00 bits per heavy atom. The van der Waals surface area contributed by atoms with Gasteiger partial charge in [0, 0.05) is 0 Å². The van der Waals surface area contributed by atoms with Gasteiger partial charge in [-0.05, 0) is 12.5 Å². The smallest absolute Gasteiger partial charge is 0.269 e. The molecule has 16 heavy (non-hydrogen) atoms. The average molecular weight is 246 g/mol. The third-order valence-corrected chi connectivity index (χ3v) is 2.17. The number of hydrogen-bond donors (Lipinski definition) is 1. The summed E-state index contributed by atoms with van der Waals surface area (Å²) < 4.78 is 29.4. The van der Waals surface area contributed by atoms with E-state index in [0.717, 1.165) is 5.56 Å². The Balaban J connectivity index is 0. The lowest BCUT2D eigenvalue weighted by molar-refractivity contribution is 0.482. The van der Waals surface area contributed by atoms with Crippen molar-refractivity contribution in [2.75, 3.05) is 0 Å². The molecule has 0 aliphatic rings. The number of benzene rings is 1. The minimum Gasteiger partial charge on any atom is -0.285 e. The van der Waals surface area contributed by atoms with Gasteiger partial charge in [0.1, 0.15) is 5.75 Å². The standard InChI is InChI=1S/C8H10O3S.2C2H6/c1-7-2-4-8(5-3-7)6-12(9,10)11;2*1-2/h2-5H,6H2,1H3,(H,9,10,11);2*1-2H3. The van der Waals surface area contributed by atoms with Crippen LogP contribution in [0.2, 0.25) is 0 Å². The van der Waals surface area contributed by atoms with Crippen molar-refractivity contribution in [1.29, 1.82) is 0 Å². The molecule has 0 heterocycles. The van der Waals surface area contributed by atoms with Crippen molar-refractivity contribution in [1.82, 2.24) is 0 Å². The Bertz CT molecular complexity index is 352. The first-order valence-corrected chi connectivity index (χ1v) is 7.09. The summed E-state index contributed by atoms with van der Waals surface area (Å²) in [6.45, 7) is 9.91. The van der Waals surface area contributed by atoms with Crippen LogP contribution in [-0.2, 0) is 15.9 Å². The van der Waals surface area contributed by atoms with Crippen LogP contribution in [0.15, 0.2) is 24.3 Å². The first-order valence-electron chi connectivity index (χ1n) is 5.48. The van der Waals surface area contributed by atoms with Crippen molar-refractivity contribution in [3.05, 3.63) is 35.4 Å². The molecule has 1 aromatic carbocycles. The summed E-state index contributed by atoms with van der Waals surface area (Å²) in [6, 6.07) is 6.98. The summed E-state index contributed by atoms with van der Waals surface area (Å²) in [5.74, 6) is -0.312. The highest BCUT2D eigenvalue weighted by molar-refractivity contribution is 7.85. The molecule has 0 fully saturated rings. The molecule has 0 spiro atoms. The van der Waals surface area contributed by atoms with Crippen molar-refractivity contribution in [2.45, 2.75) is 40.4 Å². The SMILES string of the molecule is CC.CC.Cc1ccc(CS(=O)(=O)O)cc1. The van der Waals surface area contributed by atoms with Gasteiger partial charge in [0.15, 0.2) is 0 Å². The summed E-state index contributed by atoms with van der Waals surface area (Å²) in [6.07, 6.45) is 0. The third-order valence-electron chi connectivity index (χ3n) is 1.47. The fraction of sp³-hybridized carbons (Fsp3) is 0.500. The van der Waals surface area contributed by atoms with Crippen LogP contribution >= 0.6 is 0 Å². The van der Waals surface area contributed by atoms with Crippen LogP contribution in [0, 0.1) is 6.92 Å². The quantitative estimate of drug-likeness (QED) is 0.813. The van der Waals surface area contributed by atoms with E-state index in [1.54, 1.807) is 24.3 Å². The lowest BCUT2D eigenvalue weighted by Gasteiger charge is -1.97. The van der Waals surface area contributed by atoms with Gasteiger partial charge in [-0.15, -0.1) is 0 Å². The Hall–Kier alpha value is -0.870. The third kappa shape index (κ3) is 9.68. The van der Waals surface area contributed by atoms with Gasteiger partial charge in [0.2, 0.25) is 0 Å². The Morgan fingerprint density at radius 2 is 1.38 bits per heavy atom. The van der Waals surface area contributed by atoms with E-state index in [2.05, 4.69) is 0 Å². The Labute approximate surface area is 99.3 Å². The van der Waals surface area contributed by atoms with Crippen molar-refractivity contribution >= 4 is 10.1 Å². The zero-order chi connectivity index (χ0) is 13.2. The van der Waals surface area contributed by atoms with Crippen LogP contribution in [-0.4, -0.2) is 13.0 Å². The molecule has 0 aliphatic heterocycles. The highest BCUT2D eigenvalue weighted by atomic mass is 32.2. The van der Waals surface area contributed by atoms with Crippen LogP contribution in [0.4, 0.5) is 0 Å². The molecule has 0 unspecified atom stereocenters. The maximum absolute atomic E-state index is 10.4. The Kier molecular flexibility index (Phi) is 10.3. The zero-order valence-corrected chi connectivity index (χ0v) is 11.5. The van der Waals surface area contributed by atoms with E-state index in [1.165, 1.54) is 0 Å². The van der Waals surface area contributed by atoms with E-state index in [1.807, 2.05) is 34.6 Å². The molecule has 0 aromatic heterocycles. The number of rotatable bonds is 2. The summed E-state index contributed by atoms with van der Waals surface area (Å²) in [5, 5.41) is 0. The zero-order valence-electron chi connectivity index (χ0n) is 10.7. The first kappa shape index (κ1) is 17.5. The van der Waals surface area contributed by atoms with Crippen molar-refractivity contribution in [2.24, 2.45) is 0 Å². The van der Waals surface area contributed by atoms with E-state index in [9.17, 15) is 8.42 Å². The maximum Gasteiger partial charge on any atom is 0.269 e. The molecular weight excluding hydrogens is 224 g/mol. The molecule has 94 valence electrons. The fourth-order valence-electron chi connectivity index (χ4n) is 0.895. The van der Waals surface area contributed by atoms with E-state index in [0.29, 0.717) is 5.56 Å². The highest BCUT2D eigenvalue weighted by Crippen LogP contribution is 2.06. The molecule has 0 radical (unpaired) electrons. The first-order chi connectivity index (χ1) is 7.47. The van der Waals surface area contributed by atoms with E-state index in [-0.39, 0.29) is 5.75 Å². The molecule has 3 nitrogen and oxygen atoms in total. The summed E-state index contributed by atoms with van der Waals surface area (Å²) in [5.41, 5.74) is 1.66. The minimum atomic E-state index is -3.89. The van der Waals surface area contributed by atoms with Gasteiger partial charge in [-0.2, -0.15) is 8.42 Å². The molecule has 0 saturated carbocycles. The molecule has 1 N–H and O–H groups in total. The van der Waals surface area contributed by atoms with Gasteiger partial charge in [-0.1, -0.05) is 57.5 Å². The van der Waals surface area contributed by atoms with Gasteiger partial charge < -0.3 is 0 Å². The van der Waals surface area contributed by atoms with Crippen molar-refractivity contribution in [3.8, 4) is 0 Å². The van der Waals surface area contributed by atoms with Gasteiger partial charge >= 0.3 is 0 Å². The summed E-state index contributed by atoms with van der Waals surface area (Å²) in [4.78, 5) is 0. The number of hydrogen-bond acceptors (Lipinski definition) is 2. The van der Waals surface area contributed by atoms with Crippen molar-refractivity contribution < 1.29 is 13.0 Å². The molecule has 0 bridgehead atoms. The van der Waals surface area contributed by atoms with E-state index in [4.69, 9.17) is 4.55 Å². The molecule has 0 amide bonds. The lowest BCUT2D eigenvalue weighted by atomic mass is 10.2. The molecule has 1 rings (SSSR count). The molecule has 1 aromatic rings. The molecule has 0 aliphatic carbocycles. The minimum absolute atomic E-state index is 0.312. The maximum atomic E-state index is 10.4. The topological polar surface area (TPSA) is 54.4 Å². The average Bonchev–Trinajstić information content (AvgIpc) is 2.25. The van der Waals surface area contributed by atoms with Crippen LogP contribution in [0.3, 0.4) is 0 Å². The van der Waals surface area contributed by atoms with Crippen LogP contribution in [0.5, 0.6) is 0 Å². The van der Waals surface area contributed by atoms with E-state index >= 15 is 0 Å². The van der Waals surface area contributed by atoms with Crippen molar-refractivity contribution in [3.63, 3.8) is 0 Å². The molecule has 0 saturated heterocycles. The Morgan fingerprint density at radius 3 is 1.69 bits per heavy atom. The largest absolute Gasteiger partial charge is 0.285 e. The van der Waals surface area contributed by atoms with Crippen LogP contribution in [0.25, 0.3) is 0 Å². The highest BCUT2D eigenvalue weighted by Gasteiger charge is 2.04. The van der Waals surface area contributed by atoms with Crippen LogP contribution < -0.4 is 0 Å². The number of aryl methyl sites for hydroxylation is 1. The monoisotopic (exact) mass is 246 g/mol. The summed E-state index contributed by atoms with van der Waals surface area (Å²) >= 11 is 0. The molecule has 0 atom stereocenters. The predicted molar refractivity (Wildman–Crippen MR) is 69.1 cm³/mol. The predicted octanol–water partition coefficient (Wildman–Crippen LogP) is 3.44. The normalized spacial score (nSPS) is 9.38. The van der Waals surface area contributed by atoms with Gasteiger partial charge in [-0.3, -0.25) is 4.55 Å². The molecular formula is C12H22O3S. The van der Waals surface area contributed by atoms with Crippen LogP contribution in [0.1, 0.15) is 38.8 Å².